The summed E-state index contributed by atoms with van der Waals surface area (Å²) in [5.41, 5.74) is 0.738. The molecular formula is C6H7BrN2O2S. The Morgan fingerprint density at radius 3 is 2.58 bits per heavy atom. The standard InChI is InChI=1S/C6H7BrN2O2S/c1-4-2-5(12(8,10)11)3-9-6(4)7/h2-3H,1H3,(H2,8,10,11). The largest absolute Gasteiger partial charge is 0.248 e. The van der Waals surface area contributed by atoms with Crippen molar-refractivity contribution in [3.63, 3.8) is 0 Å². The Morgan fingerprint density at radius 2 is 2.17 bits per heavy atom. The normalized spacial score (nSPS) is 11.6. The highest BCUT2D eigenvalue weighted by atomic mass is 79.9. The smallest absolute Gasteiger partial charge is 0.239 e. The number of sulfonamides is 1. The van der Waals surface area contributed by atoms with Gasteiger partial charge in [0.2, 0.25) is 10.0 Å². The number of aryl methyl sites for hydroxylation is 1. The fraction of sp³-hybridized carbons (Fsp3) is 0.167. The van der Waals surface area contributed by atoms with Gasteiger partial charge in [-0.25, -0.2) is 18.5 Å². The van der Waals surface area contributed by atoms with Crippen molar-refractivity contribution in [1.82, 2.24) is 4.98 Å². The topological polar surface area (TPSA) is 73.1 Å². The molecule has 2 N–H and O–H groups in total. The van der Waals surface area contributed by atoms with Gasteiger partial charge in [0.25, 0.3) is 0 Å². The van der Waals surface area contributed by atoms with Crippen LogP contribution in [-0.4, -0.2) is 13.4 Å². The maximum Gasteiger partial charge on any atom is 0.239 e. The Bertz CT molecular complexity index is 402. The molecule has 0 aliphatic heterocycles. The second kappa shape index (κ2) is 3.12. The second-order valence-corrected chi connectivity index (χ2v) is 4.64. The molecule has 66 valence electrons. The van der Waals surface area contributed by atoms with Gasteiger partial charge in [-0.2, -0.15) is 0 Å². The van der Waals surface area contributed by atoms with E-state index in [2.05, 4.69) is 20.9 Å². The number of aromatic nitrogens is 1. The fourth-order valence-corrected chi connectivity index (χ4v) is 1.45. The summed E-state index contributed by atoms with van der Waals surface area (Å²) < 4.78 is 22.3. The lowest BCUT2D eigenvalue weighted by atomic mass is 10.3. The molecule has 0 saturated carbocycles. The Balaban J connectivity index is 3.33. The molecule has 0 fully saturated rings. The minimum absolute atomic E-state index is 0.0307. The highest BCUT2D eigenvalue weighted by molar-refractivity contribution is 9.10. The van der Waals surface area contributed by atoms with Crippen LogP contribution >= 0.6 is 15.9 Å². The molecule has 0 aliphatic carbocycles. The van der Waals surface area contributed by atoms with Crippen molar-refractivity contribution in [2.24, 2.45) is 5.14 Å². The number of nitrogens with two attached hydrogens (primary N) is 1. The third-order valence-corrected chi connectivity index (χ3v) is 3.03. The Hall–Kier alpha value is -0.460. The molecule has 0 bridgehead atoms. The van der Waals surface area contributed by atoms with E-state index in [0.29, 0.717) is 4.60 Å². The van der Waals surface area contributed by atoms with E-state index >= 15 is 0 Å². The molecule has 1 heterocycles. The quantitative estimate of drug-likeness (QED) is 0.750. The summed E-state index contributed by atoms with van der Waals surface area (Å²) in [6.45, 7) is 1.74. The zero-order valence-electron chi connectivity index (χ0n) is 6.28. The molecule has 1 aromatic rings. The first-order chi connectivity index (χ1) is 5.41. The number of nitrogens with zero attached hydrogens (tertiary/aromatic N) is 1. The predicted octanol–water partition coefficient (Wildman–Crippen LogP) is 0.800. The summed E-state index contributed by atoms with van der Waals surface area (Å²) >= 11 is 3.15. The SMILES string of the molecule is Cc1cc(S(N)(=O)=O)cnc1Br. The highest BCUT2D eigenvalue weighted by Crippen LogP contribution is 2.15. The molecule has 0 amide bonds. The van der Waals surface area contributed by atoms with E-state index in [1.807, 2.05) is 0 Å². The van der Waals surface area contributed by atoms with Gasteiger partial charge in [-0.1, -0.05) is 0 Å². The van der Waals surface area contributed by atoms with Crippen LogP contribution in [0.25, 0.3) is 0 Å². The van der Waals surface area contributed by atoms with Crippen molar-refractivity contribution in [3.8, 4) is 0 Å². The number of pyridine rings is 1. The summed E-state index contributed by atoms with van der Waals surface area (Å²) in [5.74, 6) is 0. The van der Waals surface area contributed by atoms with E-state index in [-0.39, 0.29) is 4.90 Å². The molecule has 0 aliphatic rings. The van der Waals surface area contributed by atoms with E-state index in [1.165, 1.54) is 12.3 Å². The van der Waals surface area contributed by atoms with Crippen LogP contribution in [0.3, 0.4) is 0 Å². The lowest BCUT2D eigenvalue weighted by Crippen LogP contribution is -2.12. The van der Waals surface area contributed by atoms with Gasteiger partial charge in [-0.15, -0.1) is 0 Å². The first-order valence-corrected chi connectivity index (χ1v) is 5.40. The Kier molecular flexibility index (Phi) is 2.50. The van der Waals surface area contributed by atoms with Gasteiger partial charge in [0.15, 0.2) is 0 Å². The van der Waals surface area contributed by atoms with Crippen LogP contribution in [0.4, 0.5) is 0 Å². The lowest BCUT2D eigenvalue weighted by Gasteiger charge is -1.99. The fourth-order valence-electron chi connectivity index (χ4n) is 0.688. The number of halogens is 1. The van der Waals surface area contributed by atoms with Crippen LogP contribution in [0.1, 0.15) is 5.56 Å². The van der Waals surface area contributed by atoms with Crippen LogP contribution in [0.5, 0.6) is 0 Å². The molecule has 0 unspecified atom stereocenters. The van der Waals surface area contributed by atoms with Gasteiger partial charge in [-0.05, 0) is 34.5 Å². The van der Waals surface area contributed by atoms with Crippen LogP contribution in [0, 0.1) is 6.92 Å². The molecule has 1 aromatic heterocycles. The average Bonchev–Trinajstić information content (AvgIpc) is 1.92. The minimum atomic E-state index is -3.63. The van der Waals surface area contributed by atoms with E-state index in [4.69, 9.17) is 5.14 Å². The zero-order valence-corrected chi connectivity index (χ0v) is 8.68. The maximum absolute atomic E-state index is 10.8. The molecule has 12 heavy (non-hydrogen) atoms. The molecule has 1 rings (SSSR count). The van der Waals surface area contributed by atoms with Crippen molar-refractivity contribution in [1.29, 1.82) is 0 Å². The number of hydrogen-bond acceptors (Lipinski definition) is 3. The van der Waals surface area contributed by atoms with Gasteiger partial charge in [0, 0.05) is 6.20 Å². The molecular weight excluding hydrogens is 244 g/mol. The molecule has 0 aromatic carbocycles. The van der Waals surface area contributed by atoms with Crippen LogP contribution in [0.15, 0.2) is 21.8 Å². The van der Waals surface area contributed by atoms with Gasteiger partial charge >= 0.3 is 0 Å². The van der Waals surface area contributed by atoms with Crippen LogP contribution in [0.2, 0.25) is 0 Å². The molecule has 6 heteroatoms. The number of rotatable bonds is 1. The summed E-state index contributed by atoms with van der Waals surface area (Å²) in [4.78, 5) is 3.83. The Labute approximate surface area is 79.0 Å². The minimum Gasteiger partial charge on any atom is -0.248 e. The van der Waals surface area contributed by atoms with Crippen molar-refractivity contribution in [3.05, 3.63) is 22.4 Å². The first kappa shape index (κ1) is 9.63. The highest BCUT2D eigenvalue weighted by Gasteiger charge is 2.08. The van der Waals surface area contributed by atoms with E-state index in [1.54, 1.807) is 6.92 Å². The van der Waals surface area contributed by atoms with Crippen LogP contribution < -0.4 is 5.14 Å². The lowest BCUT2D eigenvalue weighted by molar-refractivity contribution is 0.597. The third kappa shape index (κ3) is 2.02. The molecule has 0 spiro atoms. The first-order valence-electron chi connectivity index (χ1n) is 3.06. The van der Waals surface area contributed by atoms with E-state index in [9.17, 15) is 8.42 Å². The summed E-state index contributed by atoms with van der Waals surface area (Å²) in [6.07, 6.45) is 1.21. The molecule has 0 radical (unpaired) electrons. The summed E-state index contributed by atoms with van der Waals surface area (Å²) in [5, 5.41) is 4.89. The zero-order chi connectivity index (χ0) is 9.35. The van der Waals surface area contributed by atoms with Gasteiger partial charge in [-0.3, -0.25) is 0 Å². The second-order valence-electron chi connectivity index (χ2n) is 2.32. The average molecular weight is 251 g/mol. The van der Waals surface area contributed by atoms with Gasteiger partial charge in [0.05, 0.1) is 0 Å². The summed E-state index contributed by atoms with van der Waals surface area (Å²) in [7, 11) is -3.63. The van der Waals surface area contributed by atoms with Gasteiger partial charge in [0.1, 0.15) is 9.50 Å². The monoisotopic (exact) mass is 250 g/mol. The van der Waals surface area contributed by atoms with Crippen molar-refractivity contribution in [2.45, 2.75) is 11.8 Å². The van der Waals surface area contributed by atoms with Crippen molar-refractivity contribution >= 4 is 26.0 Å². The summed E-state index contributed by atoms with van der Waals surface area (Å²) in [6, 6.07) is 1.46. The molecule has 4 nitrogen and oxygen atoms in total. The third-order valence-electron chi connectivity index (χ3n) is 1.32. The maximum atomic E-state index is 10.8. The van der Waals surface area contributed by atoms with E-state index < -0.39 is 10.0 Å². The van der Waals surface area contributed by atoms with Crippen molar-refractivity contribution < 1.29 is 8.42 Å². The molecule has 0 atom stereocenters. The van der Waals surface area contributed by atoms with Gasteiger partial charge < -0.3 is 0 Å². The molecule has 0 saturated heterocycles. The van der Waals surface area contributed by atoms with Crippen molar-refractivity contribution in [2.75, 3.05) is 0 Å². The van der Waals surface area contributed by atoms with E-state index in [0.717, 1.165) is 5.56 Å². The predicted molar refractivity (Wildman–Crippen MR) is 48.0 cm³/mol. The number of primary sulfonamides is 1. The Morgan fingerprint density at radius 1 is 1.58 bits per heavy atom. The van der Waals surface area contributed by atoms with Crippen LogP contribution in [-0.2, 0) is 10.0 Å². The number of hydrogen-bond donors (Lipinski definition) is 1.